The Hall–Kier alpha value is -3.22. The molecule has 3 rings (SSSR count). The van der Waals surface area contributed by atoms with E-state index >= 15 is 0 Å². The second-order valence-corrected chi connectivity index (χ2v) is 10.8. The molecule has 2 aromatic rings. The second-order valence-electron chi connectivity index (χ2n) is 9.76. The van der Waals surface area contributed by atoms with Gasteiger partial charge in [0.15, 0.2) is 5.01 Å². The van der Waals surface area contributed by atoms with Gasteiger partial charge in [-0.3, -0.25) is 9.59 Å². The topological polar surface area (TPSA) is 127 Å². The van der Waals surface area contributed by atoms with Crippen molar-refractivity contribution in [2.45, 2.75) is 63.2 Å². The van der Waals surface area contributed by atoms with Crippen molar-refractivity contribution in [3.05, 3.63) is 40.0 Å². The molecule has 0 saturated carbocycles. The Morgan fingerprint density at radius 3 is 2.28 bits per heavy atom. The van der Waals surface area contributed by atoms with E-state index in [0.717, 1.165) is 6.07 Å². The van der Waals surface area contributed by atoms with Gasteiger partial charge in [-0.1, -0.05) is 12.1 Å². The van der Waals surface area contributed by atoms with Gasteiger partial charge in [-0.05, 0) is 39.7 Å². The highest BCUT2D eigenvalue weighted by atomic mass is 32.1. The van der Waals surface area contributed by atoms with E-state index in [-0.39, 0.29) is 39.8 Å². The summed E-state index contributed by atoms with van der Waals surface area (Å²) in [7, 11) is 0. The molecule has 1 unspecified atom stereocenters. The number of aromatic nitrogens is 1. The predicted octanol–water partition coefficient (Wildman–Crippen LogP) is 4.12. The van der Waals surface area contributed by atoms with Crippen LogP contribution in [0.1, 0.15) is 65.0 Å². The molecule has 1 aromatic carbocycles. The van der Waals surface area contributed by atoms with Crippen LogP contribution in [0.25, 0.3) is 10.4 Å². The normalized spacial score (nSPS) is 16.8. The number of alkyl halides is 6. The van der Waals surface area contributed by atoms with Crippen molar-refractivity contribution in [3.8, 4) is 16.5 Å². The van der Waals surface area contributed by atoms with Crippen LogP contribution in [0.4, 0.5) is 26.3 Å². The SMILES string of the molecule is CC1CCCN1C(=O)c1nc(C(=O)NCC(C)(C)O)sc1-c1ccc(C(O)(C(F)(F)F)C(F)(F)F)cc1C#N. The number of halogens is 6. The van der Waals surface area contributed by atoms with Crippen molar-refractivity contribution in [3.63, 3.8) is 0 Å². The van der Waals surface area contributed by atoms with Crippen LogP contribution in [0.15, 0.2) is 18.2 Å². The first-order valence-corrected chi connectivity index (χ1v) is 12.4. The van der Waals surface area contributed by atoms with Crippen LogP contribution in [0.2, 0.25) is 0 Å². The number of benzene rings is 1. The van der Waals surface area contributed by atoms with Crippen molar-refractivity contribution >= 4 is 23.2 Å². The molecule has 3 N–H and O–H groups in total. The molecule has 0 spiro atoms. The minimum atomic E-state index is -6.16. The van der Waals surface area contributed by atoms with Crippen molar-refractivity contribution in [2.24, 2.45) is 0 Å². The Bertz CT molecular complexity index is 1300. The summed E-state index contributed by atoms with van der Waals surface area (Å²) in [4.78, 5) is 31.5. The lowest BCUT2D eigenvalue weighted by atomic mass is 9.89. The molecule has 212 valence electrons. The number of aliphatic hydroxyl groups is 2. The molecule has 15 heteroatoms. The zero-order chi connectivity index (χ0) is 29.6. The molecule has 2 amide bonds. The maximum absolute atomic E-state index is 13.4. The zero-order valence-electron chi connectivity index (χ0n) is 20.9. The molecular weight excluding hydrogens is 554 g/mol. The number of nitrogens with zero attached hydrogens (tertiary/aromatic N) is 3. The van der Waals surface area contributed by atoms with E-state index in [0.29, 0.717) is 36.8 Å². The van der Waals surface area contributed by atoms with Gasteiger partial charge in [-0.15, -0.1) is 11.3 Å². The molecule has 0 radical (unpaired) electrons. The van der Waals surface area contributed by atoms with E-state index in [1.807, 2.05) is 0 Å². The smallest absolute Gasteiger partial charge is 0.389 e. The summed E-state index contributed by atoms with van der Waals surface area (Å²) in [6.45, 7) is 4.78. The van der Waals surface area contributed by atoms with Crippen LogP contribution in [0.5, 0.6) is 0 Å². The van der Waals surface area contributed by atoms with Crippen LogP contribution >= 0.6 is 11.3 Å². The average molecular weight is 579 g/mol. The maximum Gasteiger partial charge on any atom is 0.430 e. The van der Waals surface area contributed by atoms with E-state index in [9.17, 15) is 51.4 Å². The predicted molar refractivity (Wildman–Crippen MR) is 127 cm³/mol. The van der Waals surface area contributed by atoms with Crippen molar-refractivity contribution in [1.82, 2.24) is 15.2 Å². The maximum atomic E-state index is 13.4. The third-order valence-electron chi connectivity index (χ3n) is 6.14. The number of amides is 2. The summed E-state index contributed by atoms with van der Waals surface area (Å²) >= 11 is 0.603. The third-order valence-corrected chi connectivity index (χ3v) is 7.23. The Balaban J connectivity index is 2.18. The summed E-state index contributed by atoms with van der Waals surface area (Å²) in [6, 6.07) is 2.66. The minimum Gasteiger partial charge on any atom is -0.389 e. The van der Waals surface area contributed by atoms with Crippen LogP contribution in [0.3, 0.4) is 0 Å². The fraction of sp³-hybridized carbons (Fsp3) is 0.500. The van der Waals surface area contributed by atoms with Crippen LogP contribution in [0, 0.1) is 11.3 Å². The highest BCUT2D eigenvalue weighted by Crippen LogP contribution is 2.50. The van der Waals surface area contributed by atoms with Crippen molar-refractivity contribution < 1.29 is 46.1 Å². The molecule has 39 heavy (non-hydrogen) atoms. The number of carbonyl (C=O) groups is 2. The number of thiazole rings is 1. The summed E-state index contributed by atoms with van der Waals surface area (Å²) in [6.07, 6.45) is -11.0. The molecule has 1 saturated heterocycles. The molecule has 1 atom stereocenters. The molecular formula is C24H24F6N4O4S. The second kappa shape index (κ2) is 10.4. The molecule has 0 bridgehead atoms. The number of hydrogen-bond acceptors (Lipinski definition) is 7. The lowest BCUT2D eigenvalue weighted by Crippen LogP contribution is -2.53. The van der Waals surface area contributed by atoms with Gasteiger partial charge >= 0.3 is 12.4 Å². The highest BCUT2D eigenvalue weighted by molar-refractivity contribution is 7.17. The lowest BCUT2D eigenvalue weighted by Gasteiger charge is -2.32. The molecule has 1 fully saturated rings. The van der Waals surface area contributed by atoms with Gasteiger partial charge in [0.2, 0.25) is 0 Å². The van der Waals surface area contributed by atoms with Crippen molar-refractivity contribution in [1.29, 1.82) is 5.26 Å². The number of likely N-dealkylation sites (tertiary alicyclic amines) is 1. The first kappa shape index (κ1) is 30.3. The van der Waals surface area contributed by atoms with E-state index in [4.69, 9.17) is 0 Å². The van der Waals surface area contributed by atoms with Gasteiger partial charge in [-0.25, -0.2) is 4.98 Å². The lowest BCUT2D eigenvalue weighted by molar-refractivity contribution is -0.376. The Morgan fingerprint density at radius 1 is 1.18 bits per heavy atom. The van der Waals surface area contributed by atoms with E-state index in [1.54, 1.807) is 6.92 Å². The van der Waals surface area contributed by atoms with Gasteiger partial charge in [0.25, 0.3) is 17.4 Å². The summed E-state index contributed by atoms with van der Waals surface area (Å²) in [5.41, 5.74) is -9.47. The molecule has 1 aliphatic heterocycles. The van der Waals surface area contributed by atoms with E-state index in [1.165, 1.54) is 24.8 Å². The number of carbonyl (C=O) groups excluding carboxylic acids is 2. The summed E-state index contributed by atoms with van der Waals surface area (Å²) in [5.74, 6) is -1.43. The first-order chi connectivity index (χ1) is 17.8. The molecule has 2 heterocycles. The average Bonchev–Trinajstić information content (AvgIpc) is 3.46. The van der Waals surface area contributed by atoms with Gasteiger partial charge in [0, 0.05) is 30.3 Å². The minimum absolute atomic E-state index is 0.127. The molecule has 8 nitrogen and oxygen atoms in total. The van der Waals surface area contributed by atoms with Gasteiger partial charge in [0.1, 0.15) is 5.69 Å². The van der Waals surface area contributed by atoms with Gasteiger partial charge in [-0.2, -0.15) is 31.6 Å². The number of rotatable bonds is 6. The number of hydrogen-bond donors (Lipinski definition) is 3. The van der Waals surface area contributed by atoms with Gasteiger partial charge < -0.3 is 20.4 Å². The fourth-order valence-electron chi connectivity index (χ4n) is 4.04. The van der Waals surface area contributed by atoms with E-state index < -0.39 is 46.5 Å². The van der Waals surface area contributed by atoms with E-state index in [2.05, 4.69) is 10.3 Å². The highest BCUT2D eigenvalue weighted by Gasteiger charge is 2.71. The summed E-state index contributed by atoms with van der Waals surface area (Å²) in [5, 5.41) is 31.4. The Kier molecular flexibility index (Phi) is 8.08. The quantitative estimate of drug-likeness (QED) is 0.443. The van der Waals surface area contributed by atoms with Crippen LogP contribution in [-0.4, -0.2) is 69.0 Å². The fourth-order valence-corrected chi connectivity index (χ4v) is 5.05. The zero-order valence-corrected chi connectivity index (χ0v) is 21.7. The molecule has 1 aliphatic rings. The molecule has 1 aromatic heterocycles. The Labute approximate surface area is 222 Å². The number of nitriles is 1. The van der Waals surface area contributed by atoms with Crippen LogP contribution in [-0.2, 0) is 5.60 Å². The molecule has 0 aliphatic carbocycles. The number of nitrogens with one attached hydrogen (secondary N) is 1. The largest absolute Gasteiger partial charge is 0.430 e. The standard InChI is InChI=1S/C24H24F6N4O4S/c1-12-5-4-8-34(12)20(36)16-17(39-19(33-16)18(35)32-11-21(2,3)37)15-7-6-14(9-13(15)10-31)22(38,23(25,26)27)24(28,29)30/h6-7,9,12,37-38H,4-5,8,11H2,1-3H3,(H,32,35). The van der Waals surface area contributed by atoms with Gasteiger partial charge in [0.05, 0.1) is 22.1 Å². The Morgan fingerprint density at radius 2 is 1.79 bits per heavy atom. The van der Waals surface area contributed by atoms with Crippen LogP contribution < -0.4 is 5.32 Å². The monoisotopic (exact) mass is 578 g/mol. The third kappa shape index (κ3) is 5.87. The summed E-state index contributed by atoms with van der Waals surface area (Å²) < 4.78 is 80.4. The first-order valence-electron chi connectivity index (χ1n) is 11.5. The van der Waals surface area contributed by atoms with Crippen molar-refractivity contribution in [2.75, 3.05) is 13.1 Å².